The third kappa shape index (κ3) is 3.39. The molecule has 0 spiro atoms. The third-order valence-corrected chi connectivity index (χ3v) is 3.37. The normalized spacial score (nSPS) is 11.8. The van der Waals surface area contributed by atoms with E-state index in [-0.39, 0.29) is 11.9 Å². The first-order chi connectivity index (χ1) is 10.0. The quantitative estimate of drug-likeness (QED) is 0.936. The fraction of sp³-hybridized carbons (Fsp3) is 0.235. The first-order valence-electron chi connectivity index (χ1n) is 6.77. The Bertz CT molecular complexity index is 674. The molecule has 0 heterocycles. The van der Waals surface area contributed by atoms with Crippen molar-refractivity contribution in [3.05, 3.63) is 65.0 Å². The highest BCUT2D eigenvalue weighted by atomic mass is 19.1. The molecule has 0 amide bonds. The van der Waals surface area contributed by atoms with E-state index in [1.165, 1.54) is 6.07 Å². The molecule has 0 aromatic heterocycles. The monoisotopic (exact) mass is 283 g/mol. The molecule has 0 saturated heterocycles. The highest BCUT2D eigenvalue weighted by molar-refractivity contribution is 5.55. The van der Waals surface area contributed by atoms with E-state index in [1.54, 1.807) is 19.1 Å². The van der Waals surface area contributed by atoms with E-state index < -0.39 is 0 Å². The second kappa shape index (κ2) is 6.38. The number of halogens is 1. The van der Waals surface area contributed by atoms with Crippen LogP contribution in [0.1, 0.15) is 29.7 Å². The summed E-state index contributed by atoms with van der Waals surface area (Å²) in [6.45, 7) is 2.35. The van der Waals surface area contributed by atoms with Crippen LogP contribution in [0.15, 0.2) is 42.5 Å². The molecule has 0 fully saturated rings. The lowest BCUT2D eigenvalue weighted by atomic mass is 10.0. The maximum atomic E-state index is 14.0. The molecule has 21 heavy (non-hydrogen) atoms. The summed E-state index contributed by atoms with van der Waals surface area (Å²) < 4.78 is 14.0. The Hall–Kier alpha value is -2.38. The molecule has 0 unspecified atom stereocenters. The summed E-state index contributed by atoms with van der Waals surface area (Å²) >= 11 is 0. The second-order valence-electron chi connectivity index (χ2n) is 5.13. The number of benzene rings is 2. The topological polar surface area (TPSA) is 53.0 Å². The van der Waals surface area contributed by atoms with Gasteiger partial charge in [0.15, 0.2) is 0 Å². The SMILES string of the molecule is C[C@H](N)c1c(F)cccc1N(C)Cc1cccc(C#N)c1. The van der Waals surface area contributed by atoms with Gasteiger partial charge in [-0.2, -0.15) is 5.26 Å². The van der Waals surface area contributed by atoms with E-state index in [2.05, 4.69) is 6.07 Å². The summed E-state index contributed by atoms with van der Waals surface area (Å²) in [7, 11) is 1.89. The lowest BCUT2D eigenvalue weighted by Gasteiger charge is -2.24. The van der Waals surface area contributed by atoms with Gasteiger partial charge in [-0.1, -0.05) is 18.2 Å². The standard InChI is InChI=1S/C17H18FN3/c1-12(20)17-15(18)7-4-8-16(17)21(2)11-14-6-3-5-13(9-14)10-19/h3-9,12H,11,20H2,1-2H3/t12-/m0/s1. The van der Waals surface area contributed by atoms with Gasteiger partial charge in [-0.05, 0) is 36.8 Å². The lowest BCUT2D eigenvalue weighted by molar-refractivity contribution is 0.592. The zero-order valence-electron chi connectivity index (χ0n) is 12.2. The molecule has 108 valence electrons. The maximum Gasteiger partial charge on any atom is 0.130 e. The van der Waals surface area contributed by atoms with E-state index in [0.717, 1.165) is 11.3 Å². The molecular weight excluding hydrogens is 265 g/mol. The van der Waals surface area contributed by atoms with Crippen molar-refractivity contribution in [3.8, 4) is 6.07 Å². The van der Waals surface area contributed by atoms with Gasteiger partial charge in [0.1, 0.15) is 5.82 Å². The van der Waals surface area contributed by atoms with E-state index in [9.17, 15) is 4.39 Å². The van der Waals surface area contributed by atoms with Gasteiger partial charge >= 0.3 is 0 Å². The summed E-state index contributed by atoms with van der Waals surface area (Å²) in [5.41, 5.74) is 8.78. The molecule has 1 atom stereocenters. The number of anilines is 1. The Balaban J connectivity index is 2.30. The van der Waals surface area contributed by atoms with E-state index >= 15 is 0 Å². The van der Waals surface area contributed by atoms with Gasteiger partial charge in [0.2, 0.25) is 0 Å². The third-order valence-electron chi connectivity index (χ3n) is 3.37. The minimum Gasteiger partial charge on any atom is -0.370 e. The van der Waals surface area contributed by atoms with Gasteiger partial charge < -0.3 is 10.6 Å². The van der Waals surface area contributed by atoms with Crippen LogP contribution in [0.25, 0.3) is 0 Å². The van der Waals surface area contributed by atoms with E-state index in [1.807, 2.05) is 36.2 Å². The van der Waals surface area contributed by atoms with Gasteiger partial charge in [-0.15, -0.1) is 0 Å². The van der Waals surface area contributed by atoms with Crippen LogP contribution in [0.5, 0.6) is 0 Å². The summed E-state index contributed by atoms with van der Waals surface area (Å²) in [6.07, 6.45) is 0. The number of hydrogen-bond acceptors (Lipinski definition) is 3. The van der Waals surface area contributed by atoms with Crippen LogP contribution in [0.4, 0.5) is 10.1 Å². The van der Waals surface area contributed by atoms with Crippen molar-refractivity contribution >= 4 is 5.69 Å². The molecule has 0 aliphatic heterocycles. The fourth-order valence-electron chi connectivity index (χ4n) is 2.41. The van der Waals surface area contributed by atoms with Gasteiger partial charge in [0, 0.05) is 30.9 Å². The largest absolute Gasteiger partial charge is 0.370 e. The van der Waals surface area contributed by atoms with Crippen molar-refractivity contribution in [1.82, 2.24) is 0 Å². The summed E-state index contributed by atoms with van der Waals surface area (Å²) in [5, 5.41) is 8.94. The highest BCUT2D eigenvalue weighted by Crippen LogP contribution is 2.28. The predicted octanol–water partition coefficient (Wildman–Crippen LogP) is 3.35. The zero-order chi connectivity index (χ0) is 15.4. The Morgan fingerprint density at radius 2 is 2.00 bits per heavy atom. The molecule has 0 aliphatic rings. The van der Waals surface area contributed by atoms with Crippen LogP contribution in [-0.4, -0.2) is 7.05 Å². The molecule has 3 nitrogen and oxygen atoms in total. The molecule has 0 radical (unpaired) electrons. The van der Waals surface area contributed by atoms with Crippen LogP contribution in [0, 0.1) is 17.1 Å². The first kappa shape index (κ1) is 15.0. The van der Waals surface area contributed by atoms with Crippen molar-refractivity contribution in [2.45, 2.75) is 19.5 Å². The number of nitrogens with zero attached hydrogens (tertiary/aromatic N) is 2. The predicted molar refractivity (Wildman–Crippen MR) is 82.3 cm³/mol. The molecule has 2 N–H and O–H groups in total. The number of rotatable bonds is 4. The van der Waals surface area contributed by atoms with Gasteiger partial charge in [0.25, 0.3) is 0 Å². The van der Waals surface area contributed by atoms with Gasteiger partial charge in [0.05, 0.1) is 11.6 Å². The van der Waals surface area contributed by atoms with Crippen molar-refractivity contribution in [2.24, 2.45) is 5.73 Å². The molecule has 0 saturated carbocycles. The Kier molecular flexibility index (Phi) is 4.56. The molecule has 0 bridgehead atoms. The van der Waals surface area contributed by atoms with Crippen molar-refractivity contribution in [2.75, 3.05) is 11.9 Å². The molecular formula is C17H18FN3. The Morgan fingerprint density at radius 1 is 1.29 bits per heavy atom. The van der Waals surface area contributed by atoms with Crippen LogP contribution in [0.2, 0.25) is 0 Å². The summed E-state index contributed by atoms with van der Waals surface area (Å²) in [4.78, 5) is 1.94. The molecule has 2 aromatic carbocycles. The number of hydrogen-bond donors (Lipinski definition) is 1. The smallest absolute Gasteiger partial charge is 0.130 e. The Labute approximate surface area is 124 Å². The van der Waals surface area contributed by atoms with E-state index in [4.69, 9.17) is 11.0 Å². The molecule has 2 aromatic rings. The lowest BCUT2D eigenvalue weighted by Crippen LogP contribution is -2.21. The summed E-state index contributed by atoms with van der Waals surface area (Å²) in [6, 6.07) is 14.1. The zero-order valence-corrected chi connectivity index (χ0v) is 12.2. The van der Waals surface area contributed by atoms with Crippen LogP contribution in [0.3, 0.4) is 0 Å². The highest BCUT2D eigenvalue weighted by Gasteiger charge is 2.15. The van der Waals surface area contributed by atoms with Gasteiger partial charge in [-0.25, -0.2) is 4.39 Å². The van der Waals surface area contributed by atoms with Crippen LogP contribution >= 0.6 is 0 Å². The van der Waals surface area contributed by atoms with E-state index in [0.29, 0.717) is 17.7 Å². The number of nitriles is 1. The average Bonchev–Trinajstić information content (AvgIpc) is 2.46. The summed E-state index contributed by atoms with van der Waals surface area (Å²) in [5.74, 6) is -0.292. The van der Waals surface area contributed by atoms with Crippen molar-refractivity contribution < 1.29 is 4.39 Å². The van der Waals surface area contributed by atoms with Crippen LogP contribution < -0.4 is 10.6 Å². The molecule has 4 heteroatoms. The minimum absolute atomic E-state index is 0.292. The first-order valence-corrected chi connectivity index (χ1v) is 6.77. The molecule has 0 aliphatic carbocycles. The Morgan fingerprint density at radius 3 is 2.67 bits per heavy atom. The average molecular weight is 283 g/mol. The fourth-order valence-corrected chi connectivity index (χ4v) is 2.41. The van der Waals surface area contributed by atoms with Crippen LogP contribution in [-0.2, 0) is 6.54 Å². The maximum absolute atomic E-state index is 14.0. The van der Waals surface area contributed by atoms with Crippen molar-refractivity contribution in [3.63, 3.8) is 0 Å². The number of nitrogens with two attached hydrogens (primary N) is 1. The molecule has 2 rings (SSSR count). The second-order valence-corrected chi connectivity index (χ2v) is 5.13. The minimum atomic E-state index is -0.380. The van der Waals surface area contributed by atoms with Gasteiger partial charge in [-0.3, -0.25) is 0 Å². The van der Waals surface area contributed by atoms with Crippen molar-refractivity contribution in [1.29, 1.82) is 5.26 Å².